The lowest BCUT2D eigenvalue weighted by Crippen LogP contribution is -1.94. The summed E-state index contributed by atoms with van der Waals surface area (Å²) >= 11 is 1.44. The van der Waals surface area contributed by atoms with E-state index in [9.17, 15) is 4.79 Å². The van der Waals surface area contributed by atoms with Gasteiger partial charge in [0.05, 0.1) is 5.56 Å². The van der Waals surface area contributed by atoms with E-state index in [1.807, 2.05) is 6.07 Å². The van der Waals surface area contributed by atoms with Crippen LogP contribution >= 0.6 is 11.8 Å². The standard InChI is InChI=1S/C11H8N2O2S/c14-11(15)8-3-5-9(6-4-8)16-10-2-1-7-12-13-10/h1-7H,(H,14,15). The Balaban J connectivity index is 2.14. The molecule has 1 N–H and O–H groups in total. The first-order valence-electron chi connectivity index (χ1n) is 4.54. The molecule has 5 heteroatoms. The molecule has 2 rings (SSSR count). The van der Waals surface area contributed by atoms with E-state index in [1.165, 1.54) is 11.8 Å². The van der Waals surface area contributed by atoms with Gasteiger partial charge >= 0.3 is 5.97 Å². The topological polar surface area (TPSA) is 63.1 Å². The van der Waals surface area contributed by atoms with Crippen LogP contribution in [0.25, 0.3) is 0 Å². The van der Waals surface area contributed by atoms with Crippen LogP contribution in [-0.2, 0) is 0 Å². The highest BCUT2D eigenvalue weighted by Crippen LogP contribution is 2.25. The Morgan fingerprint density at radius 2 is 1.94 bits per heavy atom. The van der Waals surface area contributed by atoms with E-state index in [-0.39, 0.29) is 5.56 Å². The number of aromatic nitrogens is 2. The normalized spacial score (nSPS) is 10.0. The number of carbonyl (C=O) groups is 1. The quantitative estimate of drug-likeness (QED) is 0.879. The molecule has 0 aliphatic carbocycles. The Labute approximate surface area is 96.3 Å². The molecule has 2 aromatic rings. The zero-order valence-electron chi connectivity index (χ0n) is 8.20. The molecular formula is C11H8N2O2S. The van der Waals surface area contributed by atoms with Crippen LogP contribution in [-0.4, -0.2) is 21.3 Å². The Morgan fingerprint density at radius 1 is 1.19 bits per heavy atom. The largest absolute Gasteiger partial charge is 0.478 e. The fourth-order valence-corrected chi connectivity index (χ4v) is 1.88. The third kappa shape index (κ3) is 2.58. The van der Waals surface area contributed by atoms with Crippen LogP contribution < -0.4 is 0 Å². The van der Waals surface area contributed by atoms with Crippen molar-refractivity contribution < 1.29 is 9.90 Å². The highest BCUT2D eigenvalue weighted by atomic mass is 32.2. The maximum atomic E-state index is 10.6. The summed E-state index contributed by atoms with van der Waals surface area (Å²) < 4.78 is 0. The van der Waals surface area contributed by atoms with E-state index in [4.69, 9.17) is 5.11 Å². The smallest absolute Gasteiger partial charge is 0.335 e. The van der Waals surface area contributed by atoms with Gasteiger partial charge in [-0.25, -0.2) is 4.79 Å². The second kappa shape index (κ2) is 4.76. The van der Waals surface area contributed by atoms with Gasteiger partial charge in [0.25, 0.3) is 0 Å². The summed E-state index contributed by atoms with van der Waals surface area (Å²) in [5.74, 6) is -0.920. The van der Waals surface area contributed by atoms with Crippen molar-refractivity contribution in [3.05, 3.63) is 48.2 Å². The summed E-state index contributed by atoms with van der Waals surface area (Å²) in [7, 11) is 0. The molecule has 0 amide bonds. The van der Waals surface area contributed by atoms with Crippen molar-refractivity contribution in [3.63, 3.8) is 0 Å². The fourth-order valence-electron chi connectivity index (χ4n) is 1.13. The maximum Gasteiger partial charge on any atom is 0.335 e. The second-order valence-corrected chi connectivity index (χ2v) is 4.09. The maximum absolute atomic E-state index is 10.6. The minimum Gasteiger partial charge on any atom is -0.478 e. The molecule has 1 heterocycles. The minimum absolute atomic E-state index is 0.281. The second-order valence-electron chi connectivity index (χ2n) is 2.99. The first kappa shape index (κ1) is 10.6. The zero-order valence-corrected chi connectivity index (χ0v) is 9.02. The molecule has 80 valence electrons. The van der Waals surface area contributed by atoms with Gasteiger partial charge in [-0.1, -0.05) is 11.8 Å². The van der Waals surface area contributed by atoms with Crippen LogP contribution in [0.4, 0.5) is 0 Å². The number of carboxylic acids is 1. The summed E-state index contributed by atoms with van der Waals surface area (Å²) in [6.07, 6.45) is 1.61. The van der Waals surface area contributed by atoms with Gasteiger partial charge < -0.3 is 5.11 Å². The van der Waals surface area contributed by atoms with Gasteiger partial charge in [-0.15, -0.1) is 5.10 Å². The van der Waals surface area contributed by atoms with Crippen LogP contribution in [0.5, 0.6) is 0 Å². The van der Waals surface area contributed by atoms with Crippen molar-refractivity contribution >= 4 is 17.7 Å². The lowest BCUT2D eigenvalue weighted by molar-refractivity contribution is 0.0697. The number of hydrogen-bond acceptors (Lipinski definition) is 4. The van der Waals surface area contributed by atoms with Crippen LogP contribution in [0.15, 0.2) is 52.5 Å². The summed E-state index contributed by atoms with van der Waals surface area (Å²) in [6, 6.07) is 10.3. The number of hydrogen-bond donors (Lipinski definition) is 1. The molecule has 0 bridgehead atoms. The van der Waals surface area contributed by atoms with Gasteiger partial charge in [0.1, 0.15) is 5.03 Å². The fraction of sp³-hybridized carbons (Fsp3) is 0. The van der Waals surface area contributed by atoms with Gasteiger partial charge in [0, 0.05) is 11.1 Å². The average Bonchev–Trinajstić information content (AvgIpc) is 2.31. The van der Waals surface area contributed by atoms with Crippen molar-refractivity contribution in [2.24, 2.45) is 0 Å². The van der Waals surface area contributed by atoms with Gasteiger partial charge in [0.15, 0.2) is 0 Å². The van der Waals surface area contributed by atoms with Crippen LogP contribution in [0, 0.1) is 0 Å². The molecule has 0 saturated heterocycles. The first-order chi connectivity index (χ1) is 7.75. The number of rotatable bonds is 3. The van der Waals surface area contributed by atoms with Crippen LogP contribution in [0.1, 0.15) is 10.4 Å². The van der Waals surface area contributed by atoms with E-state index < -0.39 is 5.97 Å². The first-order valence-corrected chi connectivity index (χ1v) is 5.36. The molecule has 0 fully saturated rings. The Hall–Kier alpha value is -1.88. The highest BCUT2D eigenvalue weighted by Gasteiger charge is 2.03. The minimum atomic E-state index is -0.920. The summed E-state index contributed by atoms with van der Waals surface area (Å²) in [5.41, 5.74) is 0.281. The van der Waals surface area contributed by atoms with Crippen molar-refractivity contribution in [1.82, 2.24) is 10.2 Å². The zero-order chi connectivity index (χ0) is 11.4. The molecule has 0 unspecified atom stereocenters. The lowest BCUT2D eigenvalue weighted by Gasteiger charge is -2.00. The monoisotopic (exact) mass is 232 g/mol. The number of carboxylic acid groups (broad SMARTS) is 1. The molecule has 1 aromatic carbocycles. The molecule has 0 aliphatic rings. The van der Waals surface area contributed by atoms with Crippen molar-refractivity contribution in [2.45, 2.75) is 9.92 Å². The van der Waals surface area contributed by atoms with E-state index in [0.29, 0.717) is 0 Å². The summed E-state index contributed by atoms with van der Waals surface area (Å²) in [5, 5.41) is 17.2. The van der Waals surface area contributed by atoms with Crippen molar-refractivity contribution in [3.8, 4) is 0 Å². The molecule has 0 atom stereocenters. The Bertz CT molecular complexity index is 485. The van der Waals surface area contributed by atoms with E-state index in [1.54, 1.807) is 36.5 Å². The highest BCUT2D eigenvalue weighted by molar-refractivity contribution is 7.99. The predicted molar refractivity (Wildman–Crippen MR) is 59.6 cm³/mol. The molecule has 0 saturated carbocycles. The van der Waals surface area contributed by atoms with Gasteiger partial charge in [-0.3, -0.25) is 0 Å². The molecule has 0 radical (unpaired) electrons. The van der Waals surface area contributed by atoms with E-state index >= 15 is 0 Å². The average molecular weight is 232 g/mol. The number of benzene rings is 1. The molecule has 0 aliphatic heterocycles. The number of nitrogens with zero attached hydrogens (tertiary/aromatic N) is 2. The Kier molecular flexibility index (Phi) is 3.16. The summed E-state index contributed by atoms with van der Waals surface area (Å²) in [6.45, 7) is 0. The Morgan fingerprint density at radius 3 is 2.50 bits per heavy atom. The van der Waals surface area contributed by atoms with Gasteiger partial charge in [0.2, 0.25) is 0 Å². The molecule has 4 nitrogen and oxygen atoms in total. The summed E-state index contributed by atoms with van der Waals surface area (Å²) in [4.78, 5) is 11.6. The van der Waals surface area contributed by atoms with E-state index in [2.05, 4.69) is 10.2 Å². The van der Waals surface area contributed by atoms with Gasteiger partial charge in [-0.05, 0) is 36.4 Å². The number of aromatic carboxylic acids is 1. The van der Waals surface area contributed by atoms with Crippen molar-refractivity contribution in [2.75, 3.05) is 0 Å². The van der Waals surface area contributed by atoms with Gasteiger partial charge in [-0.2, -0.15) is 5.10 Å². The van der Waals surface area contributed by atoms with Crippen LogP contribution in [0.3, 0.4) is 0 Å². The third-order valence-corrected chi connectivity index (χ3v) is 2.81. The predicted octanol–water partition coefficient (Wildman–Crippen LogP) is 2.33. The van der Waals surface area contributed by atoms with Crippen molar-refractivity contribution in [1.29, 1.82) is 0 Å². The molecular weight excluding hydrogens is 224 g/mol. The van der Waals surface area contributed by atoms with E-state index in [0.717, 1.165) is 9.92 Å². The molecule has 1 aromatic heterocycles. The lowest BCUT2D eigenvalue weighted by atomic mass is 10.2. The van der Waals surface area contributed by atoms with Crippen LogP contribution in [0.2, 0.25) is 0 Å². The molecule has 0 spiro atoms. The third-order valence-electron chi connectivity index (χ3n) is 1.87. The SMILES string of the molecule is O=C(O)c1ccc(Sc2cccnn2)cc1. The molecule has 16 heavy (non-hydrogen) atoms.